The molecule has 1 heterocycles. The average molecular weight is 245 g/mol. The predicted molar refractivity (Wildman–Crippen MR) is 65.4 cm³/mol. The Labute approximate surface area is 105 Å². The molecule has 0 saturated heterocycles. The zero-order valence-corrected chi connectivity index (χ0v) is 10.2. The Balaban J connectivity index is 1.98. The van der Waals surface area contributed by atoms with Gasteiger partial charge in [-0.25, -0.2) is 0 Å². The van der Waals surface area contributed by atoms with Crippen molar-refractivity contribution in [1.29, 1.82) is 0 Å². The number of tetrazole rings is 1. The van der Waals surface area contributed by atoms with E-state index in [1.807, 2.05) is 37.3 Å². The van der Waals surface area contributed by atoms with Crippen molar-refractivity contribution in [2.24, 2.45) is 0 Å². The minimum atomic E-state index is 0.00255. The Morgan fingerprint density at radius 1 is 1.33 bits per heavy atom. The zero-order valence-electron chi connectivity index (χ0n) is 10.2. The Hall–Kier alpha value is -2.24. The fourth-order valence-electron chi connectivity index (χ4n) is 1.68. The molecular formula is C12H15N5O. The van der Waals surface area contributed by atoms with Crippen LogP contribution in [0.1, 0.15) is 18.3 Å². The summed E-state index contributed by atoms with van der Waals surface area (Å²) < 4.78 is 0. The zero-order chi connectivity index (χ0) is 12.8. The first-order chi connectivity index (χ1) is 8.79. The molecule has 0 radical (unpaired) electrons. The van der Waals surface area contributed by atoms with Gasteiger partial charge in [-0.05, 0) is 12.5 Å². The molecule has 94 valence electrons. The standard InChI is InChI=1S/C12H15N5O/c1-2-17(9-10-6-4-3-5-7-10)12(18)8-11-13-15-16-14-11/h3-7H,2,8-9H2,1H3,(H,13,14,15,16). The van der Waals surface area contributed by atoms with Crippen LogP contribution in [0.5, 0.6) is 0 Å². The Bertz CT molecular complexity index is 482. The Morgan fingerprint density at radius 2 is 2.11 bits per heavy atom. The van der Waals surface area contributed by atoms with Gasteiger partial charge in [0.15, 0.2) is 5.82 Å². The highest BCUT2D eigenvalue weighted by Crippen LogP contribution is 2.05. The Kier molecular flexibility index (Phi) is 4.01. The molecule has 6 heteroatoms. The normalized spacial score (nSPS) is 10.3. The number of nitrogens with one attached hydrogen (secondary N) is 1. The van der Waals surface area contributed by atoms with Gasteiger partial charge < -0.3 is 4.90 Å². The number of benzene rings is 1. The van der Waals surface area contributed by atoms with Crippen molar-refractivity contribution in [3.63, 3.8) is 0 Å². The lowest BCUT2D eigenvalue weighted by atomic mass is 10.2. The van der Waals surface area contributed by atoms with Crippen LogP contribution in [0.4, 0.5) is 0 Å². The molecular weight excluding hydrogens is 230 g/mol. The SMILES string of the molecule is CCN(Cc1ccccc1)C(=O)Cc1nn[nH]n1. The van der Waals surface area contributed by atoms with Crippen molar-refractivity contribution < 1.29 is 4.79 Å². The lowest BCUT2D eigenvalue weighted by molar-refractivity contribution is -0.131. The summed E-state index contributed by atoms with van der Waals surface area (Å²) in [7, 11) is 0. The lowest BCUT2D eigenvalue weighted by Crippen LogP contribution is -2.31. The number of carbonyl (C=O) groups is 1. The second-order valence-corrected chi connectivity index (χ2v) is 3.90. The number of aromatic nitrogens is 4. The van der Waals surface area contributed by atoms with Crippen molar-refractivity contribution in [3.8, 4) is 0 Å². The first-order valence-electron chi connectivity index (χ1n) is 5.83. The van der Waals surface area contributed by atoms with E-state index in [4.69, 9.17) is 0 Å². The molecule has 2 aromatic rings. The minimum Gasteiger partial charge on any atom is -0.338 e. The predicted octanol–water partition coefficient (Wildman–Crippen LogP) is 0.791. The summed E-state index contributed by atoms with van der Waals surface area (Å²) in [4.78, 5) is 13.8. The highest BCUT2D eigenvalue weighted by atomic mass is 16.2. The van der Waals surface area contributed by atoms with Gasteiger partial charge >= 0.3 is 0 Å². The van der Waals surface area contributed by atoms with Gasteiger partial charge in [0, 0.05) is 13.1 Å². The van der Waals surface area contributed by atoms with Crippen molar-refractivity contribution in [2.45, 2.75) is 19.9 Å². The summed E-state index contributed by atoms with van der Waals surface area (Å²) >= 11 is 0. The van der Waals surface area contributed by atoms with Gasteiger partial charge in [-0.3, -0.25) is 4.79 Å². The molecule has 0 unspecified atom stereocenters. The molecule has 6 nitrogen and oxygen atoms in total. The van der Waals surface area contributed by atoms with Crippen LogP contribution >= 0.6 is 0 Å². The third kappa shape index (κ3) is 3.13. The molecule has 0 aliphatic rings. The van der Waals surface area contributed by atoms with Crippen LogP contribution in [0.3, 0.4) is 0 Å². The highest BCUT2D eigenvalue weighted by molar-refractivity contribution is 5.77. The first-order valence-corrected chi connectivity index (χ1v) is 5.83. The van der Waals surface area contributed by atoms with Crippen LogP contribution in [0.15, 0.2) is 30.3 Å². The van der Waals surface area contributed by atoms with Crippen LogP contribution in [-0.4, -0.2) is 38.0 Å². The highest BCUT2D eigenvalue weighted by Gasteiger charge is 2.14. The van der Waals surface area contributed by atoms with E-state index in [2.05, 4.69) is 20.6 Å². The van der Waals surface area contributed by atoms with E-state index in [0.29, 0.717) is 18.9 Å². The van der Waals surface area contributed by atoms with Crippen LogP contribution in [-0.2, 0) is 17.8 Å². The summed E-state index contributed by atoms with van der Waals surface area (Å²) in [6.45, 7) is 3.22. The molecule has 1 amide bonds. The number of aromatic amines is 1. The molecule has 2 rings (SSSR count). The monoisotopic (exact) mass is 245 g/mol. The van der Waals surface area contributed by atoms with Gasteiger partial charge in [-0.2, -0.15) is 5.21 Å². The van der Waals surface area contributed by atoms with Crippen molar-refractivity contribution in [2.75, 3.05) is 6.54 Å². The van der Waals surface area contributed by atoms with Crippen LogP contribution in [0.25, 0.3) is 0 Å². The number of carbonyl (C=O) groups excluding carboxylic acids is 1. The maximum Gasteiger partial charge on any atom is 0.230 e. The molecule has 0 aliphatic carbocycles. The average Bonchev–Trinajstić information content (AvgIpc) is 2.90. The van der Waals surface area contributed by atoms with E-state index in [1.165, 1.54) is 0 Å². The van der Waals surface area contributed by atoms with E-state index in [-0.39, 0.29) is 12.3 Å². The summed E-state index contributed by atoms with van der Waals surface area (Å²) in [6, 6.07) is 9.90. The maximum absolute atomic E-state index is 12.1. The van der Waals surface area contributed by atoms with Gasteiger partial charge in [0.1, 0.15) is 0 Å². The molecule has 0 atom stereocenters. The maximum atomic E-state index is 12.1. The van der Waals surface area contributed by atoms with Gasteiger partial charge in [0.25, 0.3) is 0 Å². The van der Waals surface area contributed by atoms with E-state index >= 15 is 0 Å². The quantitative estimate of drug-likeness (QED) is 0.845. The molecule has 1 aromatic carbocycles. The third-order valence-corrected chi connectivity index (χ3v) is 2.65. The Morgan fingerprint density at radius 3 is 2.72 bits per heavy atom. The largest absolute Gasteiger partial charge is 0.338 e. The molecule has 1 N–H and O–H groups in total. The van der Waals surface area contributed by atoms with Crippen LogP contribution in [0.2, 0.25) is 0 Å². The number of nitrogens with zero attached hydrogens (tertiary/aromatic N) is 4. The molecule has 1 aromatic heterocycles. The number of hydrogen-bond acceptors (Lipinski definition) is 4. The van der Waals surface area contributed by atoms with E-state index in [9.17, 15) is 4.79 Å². The van der Waals surface area contributed by atoms with E-state index in [1.54, 1.807) is 4.90 Å². The second-order valence-electron chi connectivity index (χ2n) is 3.90. The lowest BCUT2D eigenvalue weighted by Gasteiger charge is -2.20. The fourth-order valence-corrected chi connectivity index (χ4v) is 1.68. The minimum absolute atomic E-state index is 0.00255. The summed E-state index contributed by atoms with van der Waals surface area (Å²) in [5.74, 6) is 0.425. The van der Waals surface area contributed by atoms with Crippen LogP contribution < -0.4 is 0 Å². The summed E-state index contributed by atoms with van der Waals surface area (Å²) in [5, 5.41) is 13.3. The van der Waals surface area contributed by atoms with Crippen molar-refractivity contribution in [1.82, 2.24) is 25.5 Å². The fraction of sp³-hybridized carbons (Fsp3) is 0.333. The molecule has 0 fully saturated rings. The van der Waals surface area contributed by atoms with Crippen molar-refractivity contribution in [3.05, 3.63) is 41.7 Å². The van der Waals surface area contributed by atoms with Gasteiger partial charge in [-0.1, -0.05) is 35.5 Å². The van der Waals surface area contributed by atoms with E-state index < -0.39 is 0 Å². The third-order valence-electron chi connectivity index (χ3n) is 2.65. The van der Waals surface area contributed by atoms with Gasteiger partial charge in [-0.15, -0.1) is 10.2 Å². The number of H-pyrrole nitrogens is 1. The smallest absolute Gasteiger partial charge is 0.230 e. The topological polar surface area (TPSA) is 74.8 Å². The van der Waals surface area contributed by atoms with Crippen LogP contribution in [0, 0.1) is 0 Å². The number of hydrogen-bond donors (Lipinski definition) is 1. The molecule has 0 aliphatic heterocycles. The van der Waals surface area contributed by atoms with Gasteiger partial charge in [0.05, 0.1) is 6.42 Å². The number of rotatable bonds is 5. The number of amides is 1. The van der Waals surface area contributed by atoms with Crippen molar-refractivity contribution >= 4 is 5.91 Å². The summed E-state index contributed by atoms with van der Waals surface area (Å²) in [6.07, 6.45) is 0.178. The molecule has 0 saturated carbocycles. The summed E-state index contributed by atoms with van der Waals surface area (Å²) in [5.41, 5.74) is 1.11. The second kappa shape index (κ2) is 5.90. The number of likely N-dealkylation sites (N-methyl/N-ethyl adjacent to an activating group) is 1. The molecule has 0 bridgehead atoms. The van der Waals surface area contributed by atoms with E-state index in [0.717, 1.165) is 5.56 Å². The first kappa shape index (κ1) is 12.2. The van der Waals surface area contributed by atoms with Gasteiger partial charge in [0.2, 0.25) is 5.91 Å². The molecule has 18 heavy (non-hydrogen) atoms. The molecule has 0 spiro atoms.